The van der Waals surface area contributed by atoms with E-state index in [4.69, 9.17) is 0 Å². The van der Waals surface area contributed by atoms with Gasteiger partial charge in [-0.2, -0.15) is 8.78 Å². The van der Waals surface area contributed by atoms with Crippen molar-refractivity contribution in [2.24, 2.45) is 0 Å². The van der Waals surface area contributed by atoms with Crippen molar-refractivity contribution < 1.29 is 13.6 Å². The van der Waals surface area contributed by atoms with E-state index in [9.17, 15) is 13.6 Å². The lowest BCUT2D eigenvalue weighted by atomic mass is 10.3. The maximum absolute atomic E-state index is 12.1. The summed E-state index contributed by atoms with van der Waals surface area (Å²) in [4.78, 5) is 10.5. The first-order chi connectivity index (χ1) is 4.98. The van der Waals surface area contributed by atoms with Crippen molar-refractivity contribution in [2.75, 3.05) is 6.54 Å². The molecule has 0 aliphatic heterocycles. The molecule has 0 atom stereocenters. The predicted octanol–water partition coefficient (Wildman–Crippen LogP) is 1.93. The van der Waals surface area contributed by atoms with E-state index in [1.54, 1.807) is 0 Å². The van der Waals surface area contributed by atoms with Gasteiger partial charge in [-0.15, -0.1) is 0 Å². The molecule has 0 rings (SSSR count). The topological polar surface area (TPSA) is 29.1 Å². The molecule has 0 aromatic rings. The number of alkyl halides is 3. The van der Waals surface area contributed by atoms with E-state index in [2.05, 4.69) is 5.32 Å². The summed E-state index contributed by atoms with van der Waals surface area (Å²) in [5, 5.41) is 2.13. The van der Waals surface area contributed by atoms with Gasteiger partial charge < -0.3 is 5.32 Å². The van der Waals surface area contributed by atoms with Gasteiger partial charge in [-0.1, -0.05) is 13.3 Å². The van der Waals surface area contributed by atoms with E-state index < -0.39 is 9.84 Å². The Balaban J connectivity index is 3.54. The Morgan fingerprint density at radius 2 is 2.18 bits per heavy atom. The molecule has 0 aliphatic carbocycles. The summed E-state index contributed by atoms with van der Waals surface area (Å²) in [5.41, 5.74) is 0. The van der Waals surface area contributed by atoms with Gasteiger partial charge in [-0.3, -0.25) is 4.79 Å². The molecule has 0 aliphatic rings. The predicted molar refractivity (Wildman–Crippen MR) is 46.9 cm³/mol. The third-order valence-corrected chi connectivity index (χ3v) is 1.56. The molecule has 0 bridgehead atoms. The summed E-state index contributed by atoms with van der Waals surface area (Å²) in [7, 11) is 0. The van der Waals surface area contributed by atoms with Crippen molar-refractivity contribution in [1.29, 1.82) is 0 Å². The summed E-state index contributed by atoms with van der Waals surface area (Å²) < 4.78 is 21.0. The van der Waals surface area contributed by atoms with Crippen molar-refractivity contribution in [1.82, 2.24) is 5.32 Å². The third kappa shape index (κ3) is 5.34. The van der Waals surface area contributed by atoms with Gasteiger partial charge in [-0.05, 0) is 6.42 Å². The van der Waals surface area contributed by atoms with Crippen molar-refractivity contribution in [3.63, 3.8) is 0 Å². The van der Waals surface area contributed by atoms with Crippen LogP contribution >= 0.6 is 22.6 Å². The van der Waals surface area contributed by atoms with E-state index in [-0.39, 0.29) is 0 Å². The number of hydrogen-bond acceptors (Lipinski definition) is 1. The molecule has 0 aromatic carbocycles. The van der Waals surface area contributed by atoms with Gasteiger partial charge in [0.2, 0.25) is 0 Å². The van der Waals surface area contributed by atoms with Crippen LogP contribution in [-0.2, 0) is 4.79 Å². The van der Waals surface area contributed by atoms with Crippen molar-refractivity contribution >= 4 is 28.5 Å². The number of carbonyl (C=O) groups is 1. The van der Waals surface area contributed by atoms with Crippen LogP contribution < -0.4 is 5.32 Å². The lowest BCUT2D eigenvalue weighted by Crippen LogP contribution is -2.35. The SMILES string of the molecule is CCCCNC(=O)C(F)(F)I. The first-order valence-electron chi connectivity index (χ1n) is 3.33. The molecule has 5 heteroatoms. The first kappa shape index (κ1) is 11.1. The van der Waals surface area contributed by atoms with E-state index in [0.29, 0.717) is 6.54 Å². The molecule has 1 amide bonds. The quantitative estimate of drug-likeness (QED) is 0.475. The summed E-state index contributed by atoms with van der Waals surface area (Å²) in [6, 6.07) is 0. The molecule has 0 saturated heterocycles. The molecule has 0 aromatic heterocycles. The van der Waals surface area contributed by atoms with Crippen molar-refractivity contribution in [2.45, 2.75) is 23.7 Å². The zero-order valence-electron chi connectivity index (χ0n) is 6.16. The maximum atomic E-state index is 12.1. The highest BCUT2D eigenvalue weighted by atomic mass is 127. The summed E-state index contributed by atoms with van der Waals surface area (Å²) in [6.07, 6.45) is 1.62. The van der Waals surface area contributed by atoms with Crippen LogP contribution in [0.5, 0.6) is 0 Å². The fraction of sp³-hybridized carbons (Fsp3) is 0.833. The Kier molecular flexibility index (Phi) is 4.87. The van der Waals surface area contributed by atoms with Crippen LogP contribution in [0.2, 0.25) is 0 Å². The van der Waals surface area contributed by atoms with E-state index in [1.165, 1.54) is 0 Å². The third-order valence-electron chi connectivity index (χ3n) is 1.07. The van der Waals surface area contributed by atoms with Gasteiger partial charge in [0.15, 0.2) is 0 Å². The standard InChI is InChI=1S/C6H10F2INO/c1-2-3-4-10-5(11)6(7,8)9/h2-4H2,1H3,(H,10,11). The average Bonchev–Trinajstić information content (AvgIpc) is 1.86. The van der Waals surface area contributed by atoms with Crippen molar-refractivity contribution in [3.8, 4) is 0 Å². The van der Waals surface area contributed by atoms with E-state index in [0.717, 1.165) is 35.4 Å². The van der Waals surface area contributed by atoms with Crippen LogP contribution in [0.25, 0.3) is 0 Å². The fourth-order valence-electron chi connectivity index (χ4n) is 0.479. The highest BCUT2D eigenvalue weighted by molar-refractivity contribution is 14.1. The Bertz CT molecular complexity index is 135. The number of halogens is 3. The largest absolute Gasteiger partial charge is 0.372 e. The fourth-order valence-corrected chi connectivity index (χ4v) is 0.670. The number of amides is 1. The maximum Gasteiger partial charge on any atom is 0.372 e. The number of carbonyl (C=O) groups excluding carboxylic acids is 1. The minimum absolute atomic E-state index is 0.327. The minimum atomic E-state index is -3.27. The second-order valence-electron chi connectivity index (χ2n) is 2.11. The zero-order chi connectivity index (χ0) is 8.91. The Labute approximate surface area is 77.9 Å². The average molecular weight is 277 g/mol. The van der Waals surface area contributed by atoms with Crippen LogP contribution in [0.4, 0.5) is 8.78 Å². The van der Waals surface area contributed by atoms with Gasteiger partial charge in [-0.25, -0.2) is 0 Å². The van der Waals surface area contributed by atoms with Gasteiger partial charge >= 0.3 is 9.84 Å². The molecule has 0 heterocycles. The second kappa shape index (κ2) is 4.84. The number of hydrogen-bond donors (Lipinski definition) is 1. The van der Waals surface area contributed by atoms with E-state index in [1.807, 2.05) is 6.92 Å². The van der Waals surface area contributed by atoms with Gasteiger partial charge in [0.25, 0.3) is 0 Å². The minimum Gasteiger partial charge on any atom is -0.350 e. The molecule has 2 nitrogen and oxygen atoms in total. The molecular formula is C6H10F2INO. The Hall–Kier alpha value is 0.0600. The summed E-state index contributed by atoms with van der Waals surface area (Å²) >= 11 is 0.809. The highest BCUT2D eigenvalue weighted by Crippen LogP contribution is 2.21. The molecule has 0 fully saturated rings. The van der Waals surface area contributed by atoms with Crippen LogP contribution in [0.1, 0.15) is 19.8 Å². The molecule has 1 N–H and O–H groups in total. The first-order valence-corrected chi connectivity index (χ1v) is 4.41. The monoisotopic (exact) mass is 277 g/mol. The molecule has 11 heavy (non-hydrogen) atoms. The smallest absolute Gasteiger partial charge is 0.350 e. The Morgan fingerprint density at radius 3 is 2.55 bits per heavy atom. The van der Waals surface area contributed by atoms with Crippen LogP contribution in [0, 0.1) is 0 Å². The van der Waals surface area contributed by atoms with Crippen molar-refractivity contribution in [3.05, 3.63) is 0 Å². The molecular weight excluding hydrogens is 267 g/mol. The molecule has 0 saturated carbocycles. The lowest BCUT2D eigenvalue weighted by molar-refractivity contribution is -0.133. The van der Waals surface area contributed by atoms with Crippen LogP contribution in [0.3, 0.4) is 0 Å². The van der Waals surface area contributed by atoms with Gasteiger partial charge in [0, 0.05) is 29.1 Å². The molecule has 66 valence electrons. The number of rotatable bonds is 4. The second-order valence-corrected chi connectivity index (χ2v) is 3.46. The molecule has 0 unspecified atom stereocenters. The lowest BCUT2D eigenvalue weighted by Gasteiger charge is -2.07. The summed E-state index contributed by atoms with van der Waals surface area (Å²) in [6.45, 7) is 2.25. The molecule has 0 spiro atoms. The van der Waals surface area contributed by atoms with Gasteiger partial charge in [0.1, 0.15) is 0 Å². The number of unbranched alkanes of at least 4 members (excludes halogenated alkanes) is 1. The van der Waals surface area contributed by atoms with Crippen LogP contribution in [0.15, 0.2) is 0 Å². The number of nitrogens with one attached hydrogen (secondary N) is 1. The summed E-state index contributed by atoms with van der Waals surface area (Å²) in [5.74, 6) is -1.20. The van der Waals surface area contributed by atoms with Gasteiger partial charge in [0.05, 0.1) is 0 Å². The normalized spacial score (nSPS) is 11.3. The van der Waals surface area contributed by atoms with E-state index >= 15 is 0 Å². The Morgan fingerprint density at radius 1 is 1.64 bits per heavy atom. The van der Waals surface area contributed by atoms with Crippen LogP contribution in [-0.4, -0.2) is 16.4 Å². The zero-order valence-corrected chi connectivity index (χ0v) is 8.32. The highest BCUT2D eigenvalue weighted by Gasteiger charge is 2.33. The molecule has 0 radical (unpaired) electrons.